The number of carbonyl (C=O) groups excluding carboxylic acids is 1. The second-order valence-corrected chi connectivity index (χ2v) is 11.2. The van der Waals surface area contributed by atoms with Crippen LogP contribution in [0.3, 0.4) is 0 Å². The van der Waals surface area contributed by atoms with Crippen LogP contribution in [0.1, 0.15) is 194 Å². The van der Waals surface area contributed by atoms with E-state index in [2.05, 4.69) is 26.0 Å². The molecule has 0 aliphatic carbocycles. The van der Waals surface area contributed by atoms with Gasteiger partial charge in [0.2, 0.25) is 0 Å². The van der Waals surface area contributed by atoms with Crippen LogP contribution in [0, 0.1) is 0 Å². The molecule has 36 heavy (non-hydrogen) atoms. The highest BCUT2D eigenvalue weighted by atomic mass is 16.5. The number of esters is 1. The van der Waals surface area contributed by atoms with E-state index < -0.39 is 0 Å². The Labute approximate surface area is 227 Å². The summed E-state index contributed by atoms with van der Waals surface area (Å²) in [6, 6.07) is 0. The molecule has 0 saturated heterocycles. The zero-order chi connectivity index (χ0) is 26.2. The Kier molecular flexibility index (Phi) is 31.5. The van der Waals surface area contributed by atoms with Gasteiger partial charge in [-0.25, -0.2) is 0 Å². The average Bonchev–Trinajstić information content (AvgIpc) is 2.88. The molecule has 0 heterocycles. The second kappa shape index (κ2) is 32.2. The van der Waals surface area contributed by atoms with E-state index in [0.29, 0.717) is 13.0 Å². The molecule has 0 rings (SSSR count). The van der Waals surface area contributed by atoms with Crippen molar-refractivity contribution in [2.45, 2.75) is 194 Å². The summed E-state index contributed by atoms with van der Waals surface area (Å²) >= 11 is 0. The summed E-state index contributed by atoms with van der Waals surface area (Å²) < 4.78 is 5.42. The van der Waals surface area contributed by atoms with E-state index in [1.54, 1.807) is 0 Å². The van der Waals surface area contributed by atoms with E-state index in [1.807, 2.05) is 0 Å². The van der Waals surface area contributed by atoms with Crippen molar-refractivity contribution in [1.29, 1.82) is 0 Å². The molecule has 0 bridgehead atoms. The molecule has 0 saturated carbocycles. The molecule has 2 heteroatoms. The minimum absolute atomic E-state index is 0.0196. The number of carbonyl (C=O) groups is 1. The van der Waals surface area contributed by atoms with Crippen LogP contribution in [0.25, 0.3) is 0 Å². The van der Waals surface area contributed by atoms with Gasteiger partial charge in [-0.05, 0) is 38.5 Å². The van der Waals surface area contributed by atoms with Crippen LogP contribution in [0.5, 0.6) is 0 Å². The molecular formula is C34H66O2. The van der Waals surface area contributed by atoms with Gasteiger partial charge in [-0.15, -0.1) is 0 Å². The molecule has 0 aliphatic rings. The lowest BCUT2D eigenvalue weighted by Crippen LogP contribution is -2.05. The standard InChI is InChI=1S/C34H66O2/c1-3-5-7-9-11-13-15-17-19-20-22-24-26-28-30-32-34(35)36-33-31-29-27-25-23-21-18-16-14-12-10-8-6-4-2/h13,15H,3-12,14,16-33H2,1-2H3/b15-13-. The molecule has 0 aliphatic heterocycles. The first-order valence-corrected chi connectivity index (χ1v) is 16.6. The number of hydrogen-bond acceptors (Lipinski definition) is 2. The van der Waals surface area contributed by atoms with E-state index in [9.17, 15) is 4.79 Å². The highest BCUT2D eigenvalue weighted by molar-refractivity contribution is 5.69. The van der Waals surface area contributed by atoms with Crippen LogP contribution in [-0.4, -0.2) is 12.6 Å². The molecule has 0 fully saturated rings. The topological polar surface area (TPSA) is 26.3 Å². The minimum atomic E-state index is 0.0196. The summed E-state index contributed by atoms with van der Waals surface area (Å²) in [6.45, 7) is 5.18. The zero-order valence-electron chi connectivity index (χ0n) is 25.0. The largest absolute Gasteiger partial charge is 0.466 e. The molecule has 0 N–H and O–H groups in total. The lowest BCUT2D eigenvalue weighted by atomic mass is 10.0. The van der Waals surface area contributed by atoms with Crippen LogP contribution in [0.2, 0.25) is 0 Å². The summed E-state index contributed by atoms with van der Waals surface area (Å²) in [5.41, 5.74) is 0. The molecule has 0 radical (unpaired) electrons. The van der Waals surface area contributed by atoms with Crippen molar-refractivity contribution in [3.8, 4) is 0 Å². The Morgan fingerprint density at radius 2 is 0.778 bits per heavy atom. The molecule has 0 aromatic rings. The number of rotatable bonds is 30. The van der Waals surface area contributed by atoms with Crippen molar-refractivity contribution in [3.05, 3.63) is 12.2 Å². The highest BCUT2D eigenvalue weighted by Crippen LogP contribution is 2.14. The van der Waals surface area contributed by atoms with Crippen LogP contribution in [-0.2, 0) is 9.53 Å². The van der Waals surface area contributed by atoms with Crippen LogP contribution in [0.15, 0.2) is 12.2 Å². The summed E-state index contributed by atoms with van der Waals surface area (Å²) in [5, 5.41) is 0. The van der Waals surface area contributed by atoms with Crippen LogP contribution >= 0.6 is 0 Å². The Balaban J connectivity index is 3.18. The summed E-state index contributed by atoms with van der Waals surface area (Å²) in [6.07, 6.45) is 41.2. The predicted molar refractivity (Wildman–Crippen MR) is 161 cm³/mol. The normalized spacial score (nSPS) is 11.5. The summed E-state index contributed by atoms with van der Waals surface area (Å²) in [5.74, 6) is 0.0196. The van der Waals surface area contributed by atoms with E-state index in [-0.39, 0.29) is 5.97 Å². The van der Waals surface area contributed by atoms with E-state index in [1.165, 1.54) is 161 Å². The third kappa shape index (κ3) is 31.2. The Morgan fingerprint density at radius 1 is 0.444 bits per heavy atom. The quantitative estimate of drug-likeness (QED) is 0.0550. The summed E-state index contributed by atoms with van der Waals surface area (Å²) in [7, 11) is 0. The number of hydrogen-bond donors (Lipinski definition) is 0. The SMILES string of the molecule is CCCCCC/C=C\CCCCCCCCCC(=O)OCCCCCCCCCCCCCCCC. The first-order valence-electron chi connectivity index (χ1n) is 16.6. The number of ether oxygens (including phenoxy) is 1. The molecule has 0 aromatic carbocycles. The van der Waals surface area contributed by atoms with Crippen LogP contribution < -0.4 is 0 Å². The average molecular weight is 507 g/mol. The lowest BCUT2D eigenvalue weighted by Gasteiger charge is -2.06. The van der Waals surface area contributed by atoms with Gasteiger partial charge in [-0.2, -0.15) is 0 Å². The fraction of sp³-hybridized carbons (Fsp3) is 0.912. The Hall–Kier alpha value is -0.790. The first kappa shape index (κ1) is 35.2. The molecular weight excluding hydrogens is 440 g/mol. The molecule has 0 spiro atoms. The Morgan fingerprint density at radius 3 is 1.22 bits per heavy atom. The van der Waals surface area contributed by atoms with Gasteiger partial charge >= 0.3 is 5.97 Å². The van der Waals surface area contributed by atoms with Gasteiger partial charge in [0, 0.05) is 6.42 Å². The molecule has 0 amide bonds. The lowest BCUT2D eigenvalue weighted by molar-refractivity contribution is -0.143. The molecule has 2 nitrogen and oxygen atoms in total. The van der Waals surface area contributed by atoms with Crippen molar-refractivity contribution in [2.75, 3.05) is 6.61 Å². The van der Waals surface area contributed by atoms with Gasteiger partial charge in [0.05, 0.1) is 6.61 Å². The van der Waals surface area contributed by atoms with Crippen molar-refractivity contribution in [1.82, 2.24) is 0 Å². The van der Waals surface area contributed by atoms with Gasteiger partial charge in [0.25, 0.3) is 0 Å². The van der Waals surface area contributed by atoms with Gasteiger partial charge in [0.1, 0.15) is 0 Å². The van der Waals surface area contributed by atoms with Gasteiger partial charge in [-0.3, -0.25) is 4.79 Å². The fourth-order valence-electron chi connectivity index (χ4n) is 4.89. The maximum atomic E-state index is 11.9. The molecule has 0 unspecified atom stereocenters. The van der Waals surface area contributed by atoms with Gasteiger partial charge in [-0.1, -0.05) is 161 Å². The van der Waals surface area contributed by atoms with Crippen molar-refractivity contribution < 1.29 is 9.53 Å². The Bertz CT molecular complexity index is 442. The smallest absolute Gasteiger partial charge is 0.305 e. The summed E-state index contributed by atoms with van der Waals surface area (Å²) in [4.78, 5) is 11.9. The third-order valence-electron chi connectivity index (χ3n) is 7.40. The molecule has 214 valence electrons. The fourth-order valence-corrected chi connectivity index (χ4v) is 4.89. The maximum Gasteiger partial charge on any atom is 0.305 e. The highest BCUT2D eigenvalue weighted by Gasteiger charge is 2.02. The predicted octanol–water partition coefficient (Wildman–Crippen LogP) is 12.0. The van der Waals surface area contributed by atoms with E-state index in [0.717, 1.165) is 12.8 Å². The van der Waals surface area contributed by atoms with Crippen LogP contribution in [0.4, 0.5) is 0 Å². The maximum absolute atomic E-state index is 11.9. The van der Waals surface area contributed by atoms with Crippen molar-refractivity contribution in [3.63, 3.8) is 0 Å². The van der Waals surface area contributed by atoms with Crippen molar-refractivity contribution in [2.24, 2.45) is 0 Å². The molecule has 0 aromatic heterocycles. The van der Waals surface area contributed by atoms with Crippen molar-refractivity contribution >= 4 is 5.97 Å². The zero-order valence-corrected chi connectivity index (χ0v) is 25.0. The number of allylic oxidation sites excluding steroid dienone is 2. The van der Waals surface area contributed by atoms with E-state index in [4.69, 9.17) is 4.74 Å². The van der Waals surface area contributed by atoms with E-state index >= 15 is 0 Å². The van der Waals surface area contributed by atoms with Gasteiger partial charge < -0.3 is 4.74 Å². The minimum Gasteiger partial charge on any atom is -0.466 e. The second-order valence-electron chi connectivity index (χ2n) is 11.2. The third-order valence-corrected chi connectivity index (χ3v) is 7.40. The molecule has 0 atom stereocenters. The number of unbranched alkanes of at least 4 members (excludes halogenated alkanes) is 24. The van der Waals surface area contributed by atoms with Gasteiger partial charge in [0.15, 0.2) is 0 Å². The monoisotopic (exact) mass is 507 g/mol. The first-order chi connectivity index (χ1) is 17.8.